The number of carbonyl (C=O) groups is 1. The summed E-state index contributed by atoms with van der Waals surface area (Å²) in [7, 11) is 0. The van der Waals surface area contributed by atoms with Crippen molar-refractivity contribution in [1.29, 1.82) is 0 Å². The first-order valence-corrected chi connectivity index (χ1v) is 7.07. The molecule has 2 aromatic rings. The summed E-state index contributed by atoms with van der Waals surface area (Å²) in [5.74, 6) is 1.72. The third kappa shape index (κ3) is 3.00. The van der Waals surface area contributed by atoms with E-state index in [4.69, 9.17) is 13.9 Å². The molecule has 0 unspecified atom stereocenters. The summed E-state index contributed by atoms with van der Waals surface area (Å²) in [4.78, 5) is 20.4. The van der Waals surface area contributed by atoms with Crippen molar-refractivity contribution in [2.24, 2.45) is 0 Å². The summed E-state index contributed by atoms with van der Waals surface area (Å²) in [5.41, 5.74) is 0.905. The topological polar surface area (TPSA) is 74.5 Å². The van der Waals surface area contributed by atoms with Crippen LogP contribution in [0, 0.1) is 0 Å². The van der Waals surface area contributed by atoms with Crippen molar-refractivity contribution in [2.75, 3.05) is 13.2 Å². The second-order valence-electron chi connectivity index (χ2n) is 5.18. The second kappa shape index (κ2) is 6.01. The van der Waals surface area contributed by atoms with Gasteiger partial charge in [-0.05, 0) is 12.2 Å². The van der Waals surface area contributed by atoms with Crippen LogP contribution in [-0.2, 0) is 0 Å². The van der Waals surface area contributed by atoms with Crippen LogP contribution in [0.2, 0.25) is 0 Å². The Morgan fingerprint density at radius 1 is 1.27 bits per heavy atom. The molecular formula is C16H16N2O4. The lowest BCUT2D eigenvalue weighted by Gasteiger charge is -2.17. The van der Waals surface area contributed by atoms with E-state index in [1.165, 1.54) is 12.3 Å². The first-order chi connectivity index (χ1) is 10.6. The zero-order valence-corrected chi connectivity index (χ0v) is 12.4. The molecular weight excluding hydrogens is 284 g/mol. The number of carbonyl (C=O) groups excluding carboxylic acids is 1. The minimum absolute atomic E-state index is 0.144. The van der Waals surface area contributed by atoms with Gasteiger partial charge in [0.25, 0.3) is 0 Å². The van der Waals surface area contributed by atoms with Gasteiger partial charge in [-0.1, -0.05) is 13.8 Å². The predicted octanol–water partition coefficient (Wildman–Crippen LogP) is 2.86. The van der Waals surface area contributed by atoms with Gasteiger partial charge in [0.05, 0.1) is 11.9 Å². The van der Waals surface area contributed by atoms with Gasteiger partial charge in [-0.3, -0.25) is 9.78 Å². The molecule has 0 saturated heterocycles. The van der Waals surface area contributed by atoms with E-state index < -0.39 is 0 Å². The molecule has 0 fully saturated rings. The molecule has 1 aliphatic rings. The number of allylic oxidation sites excluding steroid dienone is 1. The molecule has 22 heavy (non-hydrogen) atoms. The van der Waals surface area contributed by atoms with Crippen LogP contribution in [-0.4, -0.2) is 29.0 Å². The summed E-state index contributed by atoms with van der Waals surface area (Å²) in [5, 5.41) is 0. The molecule has 6 heteroatoms. The van der Waals surface area contributed by atoms with Crippen molar-refractivity contribution in [3.8, 4) is 11.5 Å². The van der Waals surface area contributed by atoms with Crippen molar-refractivity contribution in [2.45, 2.75) is 19.8 Å². The highest BCUT2D eigenvalue weighted by Crippen LogP contribution is 2.29. The van der Waals surface area contributed by atoms with Gasteiger partial charge in [-0.15, -0.1) is 0 Å². The summed E-state index contributed by atoms with van der Waals surface area (Å²) in [6.07, 6.45) is 6.00. The summed E-state index contributed by atoms with van der Waals surface area (Å²) < 4.78 is 16.1. The van der Waals surface area contributed by atoms with E-state index in [1.807, 2.05) is 13.8 Å². The third-order valence-electron chi connectivity index (χ3n) is 3.12. The number of pyridine rings is 1. The van der Waals surface area contributed by atoms with Gasteiger partial charge < -0.3 is 13.9 Å². The largest absolute Gasteiger partial charge is 0.486 e. The Bertz CT molecular complexity index is 719. The van der Waals surface area contributed by atoms with Gasteiger partial charge in [-0.25, -0.2) is 4.98 Å². The molecule has 2 aromatic heterocycles. The Morgan fingerprint density at radius 3 is 2.77 bits per heavy atom. The SMILES string of the molecule is CC(C)c1nc(C(=O)/C=C/c2cc3c(cn2)OCCO3)co1. The number of aromatic nitrogens is 2. The number of rotatable bonds is 4. The first-order valence-electron chi connectivity index (χ1n) is 7.07. The number of hydrogen-bond acceptors (Lipinski definition) is 6. The second-order valence-corrected chi connectivity index (χ2v) is 5.18. The van der Waals surface area contributed by atoms with E-state index in [0.717, 1.165) is 0 Å². The summed E-state index contributed by atoms with van der Waals surface area (Å²) >= 11 is 0. The van der Waals surface area contributed by atoms with Crippen molar-refractivity contribution >= 4 is 11.9 Å². The van der Waals surface area contributed by atoms with Crippen molar-refractivity contribution in [3.05, 3.63) is 41.9 Å². The van der Waals surface area contributed by atoms with E-state index in [1.54, 1.807) is 18.3 Å². The minimum atomic E-state index is -0.229. The van der Waals surface area contributed by atoms with Gasteiger partial charge in [0.2, 0.25) is 5.78 Å². The van der Waals surface area contributed by atoms with Crippen molar-refractivity contribution in [3.63, 3.8) is 0 Å². The molecule has 0 bridgehead atoms. The molecule has 0 aromatic carbocycles. The number of ether oxygens (including phenoxy) is 2. The lowest BCUT2D eigenvalue weighted by molar-refractivity contribution is 0.104. The van der Waals surface area contributed by atoms with Crippen molar-refractivity contribution in [1.82, 2.24) is 9.97 Å². The Labute approximate surface area is 127 Å². The van der Waals surface area contributed by atoms with E-state index in [2.05, 4.69) is 9.97 Å². The number of nitrogens with zero attached hydrogens (tertiary/aromatic N) is 2. The highest BCUT2D eigenvalue weighted by molar-refractivity contribution is 6.05. The average molecular weight is 300 g/mol. The predicted molar refractivity (Wildman–Crippen MR) is 79.2 cm³/mol. The number of oxazole rings is 1. The number of fused-ring (bicyclic) bond motifs is 1. The molecule has 3 rings (SSSR count). The molecule has 3 heterocycles. The highest BCUT2D eigenvalue weighted by Gasteiger charge is 2.13. The monoisotopic (exact) mass is 300 g/mol. The molecule has 0 spiro atoms. The first kappa shape index (κ1) is 14.3. The molecule has 0 atom stereocenters. The van der Waals surface area contributed by atoms with Crippen molar-refractivity contribution < 1.29 is 18.7 Å². The van der Waals surface area contributed by atoms with Gasteiger partial charge in [0.15, 0.2) is 17.4 Å². The molecule has 0 saturated carbocycles. The lowest BCUT2D eigenvalue weighted by Crippen LogP contribution is -2.15. The zero-order chi connectivity index (χ0) is 15.5. The van der Waals surface area contributed by atoms with Crippen LogP contribution < -0.4 is 9.47 Å². The normalized spacial score (nSPS) is 13.8. The Kier molecular flexibility index (Phi) is 3.91. The third-order valence-corrected chi connectivity index (χ3v) is 3.12. The summed E-state index contributed by atoms with van der Waals surface area (Å²) in [6.45, 7) is 4.94. The molecule has 0 aliphatic carbocycles. The fraction of sp³-hybridized carbons (Fsp3) is 0.312. The van der Waals surface area contributed by atoms with Crippen LogP contribution in [0.15, 0.2) is 29.0 Å². The molecule has 1 aliphatic heterocycles. The molecule has 114 valence electrons. The smallest absolute Gasteiger partial charge is 0.207 e. The van der Waals surface area contributed by atoms with E-state index in [9.17, 15) is 4.79 Å². The fourth-order valence-corrected chi connectivity index (χ4v) is 1.97. The van der Waals surface area contributed by atoms with Crippen LogP contribution in [0.1, 0.15) is 41.8 Å². The van der Waals surface area contributed by atoms with Gasteiger partial charge in [0, 0.05) is 12.0 Å². The Balaban J connectivity index is 1.74. The van der Waals surface area contributed by atoms with Gasteiger partial charge in [0.1, 0.15) is 25.2 Å². The fourth-order valence-electron chi connectivity index (χ4n) is 1.97. The van der Waals surface area contributed by atoms with Crippen LogP contribution in [0.5, 0.6) is 11.5 Å². The van der Waals surface area contributed by atoms with Crippen LogP contribution in [0.25, 0.3) is 6.08 Å². The average Bonchev–Trinajstić information content (AvgIpc) is 3.03. The quantitative estimate of drug-likeness (QED) is 0.638. The maximum Gasteiger partial charge on any atom is 0.207 e. The molecule has 0 N–H and O–H groups in total. The molecule has 0 amide bonds. The number of ketones is 1. The van der Waals surface area contributed by atoms with E-state index in [0.29, 0.717) is 36.3 Å². The molecule has 6 nitrogen and oxygen atoms in total. The van der Waals surface area contributed by atoms with Gasteiger partial charge in [-0.2, -0.15) is 0 Å². The molecule has 0 radical (unpaired) electrons. The Hall–Kier alpha value is -2.63. The Morgan fingerprint density at radius 2 is 2.05 bits per heavy atom. The van der Waals surface area contributed by atoms with Crippen LogP contribution >= 0.6 is 0 Å². The maximum absolute atomic E-state index is 12.0. The van der Waals surface area contributed by atoms with E-state index >= 15 is 0 Å². The standard InChI is InChI=1S/C16H16N2O4/c1-10(2)16-18-12(9-22-16)13(19)4-3-11-7-14-15(8-17-11)21-6-5-20-14/h3-4,7-10H,5-6H2,1-2H3/b4-3+. The minimum Gasteiger partial charge on any atom is -0.486 e. The number of hydrogen-bond donors (Lipinski definition) is 0. The van der Waals surface area contributed by atoms with Crippen LogP contribution in [0.4, 0.5) is 0 Å². The highest BCUT2D eigenvalue weighted by atomic mass is 16.6. The van der Waals surface area contributed by atoms with E-state index in [-0.39, 0.29) is 17.4 Å². The zero-order valence-electron chi connectivity index (χ0n) is 12.4. The summed E-state index contributed by atoms with van der Waals surface area (Å²) in [6, 6.07) is 1.74. The van der Waals surface area contributed by atoms with Gasteiger partial charge >= 0.3 is 0 Å². The lowest BCUT2D eigenvalue weighted by atomic mass is 10.2. The maximum atomic E-state index is 12.0. The van der Waals surface area contributed by atoms with Crippen LogP contribution in [0.3, 0.4) is 0 Å².